The molecule has 35 heavy (non-hydrogen) atoms. The third-order valence-corrected chi connectivity index (χ3v) is 9.64. The molecule has 1 unspecified atom stereocenters. The van der Waals surface area contributed by atoms with Crippen LogP contribution >= 0.6 is 11.3 Å². The minimum Gasteiger partial charge on any atom is -0.486 e. The quantitative estimate of drug-likeness (QED) is 0.666. The SMILES string of the molecule is O=C(Nc1nc(-c2ccc3c(c2)OCCO3)cs1)C1CCCN1C(=O)C12CC3CC(CC(C3)C1)C2. The van der Waals surface area contributed by atoms with Gasteiger partial charge in [0.2, 0.25) is 11.8 Å². The van der Waals surface area contributed by atoms with E-state index in [1.54, 1.807) is 0 Å². The minimum atomic E-state index is -0.392. The maximum absolute atomic E-state index is 13.9. The van der Waals surface area contributed by atoms with Crippen LogP contribution in [0, 0.1) is 23.2 Å². The Labute approximate surface area is 209 Å². The van der Waals surface area contributed by atoms with E-state index in [0.717, 1.165) is 72.6 Å². The van der Waals surface area contributed by atoms with Crippen molar-refractivity contribution in [2.24, 2.45) is 23.2 Å². The first kappa shape index (κ1) is 21.7. The van der Waals surface area contributed by atoms with Crippen LogP contribution in [0.15, 0.2) is 23.6 Å². The number of benzene rings is 1. The summed E-state index contributed by atoms with van der Waals surface area (Å²) in [6, 6.07) is 5.39. The van der Waals surface area contributed by atoms with Crippen molar-refractivity contribution in [3.63, 3.8) is 0 Å². The Balaban J connectivity index is 1.06. The van der Waals surface area contributed by atoms with E-state index in [9.17, 15) is 9.59 Å². The monoisotopic (exact) mass is 493 g/mol. The number of carbonyl (C=O) groups excluding carboxylic acids is 2. The second-order valence-corrected chi connectivity index (χ2v) is 12.1. The van der Waals surface area contributed by atoms with Gasteiger partial charge in [0.1, 0.15) is 19.3 Å². The average molecular weight is 494 g/mol. The maximum Gasteiger partial charge on any atom is 0.248 e. The van der Waals surface area contributed by atoms with E-state index in [4.69, 9.17) is 9.47 Å². The van der Waals surface area contributed by atoms with E-state index in [-0.39, 0.29) is 17.2 Å². The molecule has 7 nitrogen and oxygen atoms in total. The van der Waals surface area contributed by atoms with E-state index in [0.29, 0.717) is 24.9 Å². The number of nitrogens with one attached hydrogen (secondary N) is 1. The molecule has 8 rings (SSSR count). The third kappa shape index (κ3) is 3.72. The van der Waals surface area contributed by atoms with Crippen molar-refractivity contribution in [1.29, 1.82) is 0 Å². The van der Waals surface area contributed by atoms with Crippen molar-refractivity contribution in [3.8, 4) is 22.8 Å². The second-order valence-electron chi connectivity index (χ2n) is 11.2. The molecular formula is C27H31N3O4S. The zero-order chi connectivity index (χ0) is 23.6. The zero-order valence-electron chi connectivity index (χ0n) is 19.8. The summed E-state index contributed by atoms with van der Waals surface area (Å²) in [6.45, 7) is 1.79. The molecule has 184 valence electrons. The van der Waals surface area contributed by atoms with Gasteiger partial charge in [-0.1, -0.05) is 0 Å². The number of amides is 2. The van der Waals surface area contributed by atoms with Crippen LogP contribution in [0.5, 0.6) is 11.5 Å². The summed E-state index contributed by atoms with van der Waals surface area (Å²) >= 11 is 1.41. The molecule has 2 aromatic rings. The van der Waals surface area contributed by atoms with Crippen LogP contribution in [-0.2, 0) is 9.59 Å². The van der Waals surface area contributed by atoms with Gasteiger partial charge in [-0.25, -0.2) is 4.98 Å². The van der Waals surface area contributed by atoms with Crippen LogP contribution in [0.3, 0.4) is 0 Å². The van der Waals surface area contributed by atoms with Crippen molar-refractivity contribution in [2.75, 3.05) is 25.1 Å². The number of aromatic nitrogens is 1. The van der Waals surface area contributed by atoms with Crippen molar-refractivity contribution in [1.82, 2.24) is 9.88 Å². The number of fused-ring (bicyclic) bond motifs is 1. The van der Waals surface area contributed by atoms with Gasteiger partial charge < -0.3 is 19.7 Å². The largest absolute Gasteiger partial charge is 0.486 e. The third-order valence-electron chi connectivity index (χ3n) is 8.88. The number of hydrogen-bond acceptors (Lipinski definition) is 6. The molecule has 6 aliphatic rings. The smallest absolute Gasteiger partial charge is 0.248 e. The molecule has 3 heterocycles. The first-order valence-corrected chi connectivity index (χ1v) is 13.9. The first-order chi connectivity index (χ1) is 17.1. The molecule has 4 bridgehead atoms. The Bertz CT molecular complexity index is 1140. The van der Waals surface area contributed by atoms with Gasteiger partial charge in [0.15, 0.2) is 16.6 Å². The van der Waals surface area contributed by atoms with Crippen molar-refractivity contribution >= 4 is 28.3 Å². The topological polar surface area (TPSA) is 80.8 Å². The van der Waals surface area contributed by atoms with Crippen molar-refractivity contribution < 1.29 is 19.1 Å². The Kier molecular flexibility index (Phi) is 5.09. The van der Waals surface area contributed by atoms with E-state index in [1.165, 1.54) is 30.6 Å². The van der Waals surface area contributed by atoms with Crippen LogP contribution in [0.4, 0.5) is 5.13 Å². The molecule has 0 spiro atoms. The van der Waals surface area contributed by atoms with Gasteiger partial charge in [0.05, 0.1) is 11.1 Å². The number of nitrogens with zero attached hydrogens (tertiary/aromatic N) is 2. The van der Waals surface area contributed by atoms with Gasteiger partial charge in [-0.15, -0.1) is 11.3 Å². The molecule has 1 atom stereocenters. The zero-order valence-corrected chi connectivity index (χ0v) is 20.6. The van der Waals surface area contributed by atoms with E-state index in [2.05, 4.69) is 10.3 Å². The van der Waals surface area contributed by atoms with Gasteiger partial charge in [0, 0.05) is 17.5 Å². The summed E-state index contributed by atoms with van der Waals surface area (Å²) in [6.07, 6.45) is 8.65. The highest BCUT2D eigenvalue weighted by Crippen LogP contribution is 2.60. The molecule has 1 aromatic carbocycles. The molecular weight excluding hydrogens is 462 g/mol. The van der Waals surface area contributed by atoms with E-state index in [1.807, 2.05) is 28.5 Å². The van der Waals surface area contributed by atoms with Crippen molar-refractivity contribution in [3.05, 3.63) is 23.6 Å². The number of carbonyl (C=O) groups is 2. The van der Waals surface area contributed by atoms with Crippen molar-refractivity contribution in [2.45, 2.75) is 57.4 Å². The van der Waals surface area contributed by atoms with E-state index >= 15 is 0 Å². The molecule has 1 N–H and O–H groups in total. The lowest BCUT2D eigenvalue weighted by molar-refractivity contribution is -0.160. The molecule has 1 aromatic heterocycles. The Morgan fingerprint density at radius 3 is 2.49 bits per heavy atom. The lowest BCUT2D eigenvalue weighted by Crippen LogP contribution is -2.56. The average Bonchev–Trinajstić information content (AvgIpc) is 3.52. The summed E-state index contributed by atoms with van der Waals surface area (Å²) in [5, 5.41) is 5.52. The fraction of sp³-hybridized carbons (Fsp3) is 0.593. The highest BCUT2D eigenvalue weighted by molar-refractivity contribution is 7.14. The number of anilines is 1. The van der Waals surface area contributed by atoms with Gasteiger partial charge in [-0.2, -0.15) is 0 Å². The molecule has 0 radical (unpaired) electrons. The standard InChI is InChI=1S/C27H31N3O4S/c31-24(29-26-28-20(15-35-26)19-3-4-22-23(11-19)34-7-6-33-22)21-2-1-5-30(21)25(32)27-12-16-8-17(13-27)10-18(9-16)14-27/h3-4,11,15-18,21H,1-2,5-10,12-14H2,(H,28,29,31). The summed E-state index contributed by atoms with van der Waals surface area (Å²) in [5.74, 6) is 3.76. The number of likely N-dealkylation sites (tertiary alicyclic amines) is 1. The lowest BCUT2D eigenvalue weighted by Gasteiger charge is -2.56. The number of thiazole rings is 1. The number of ether oxygens (including phenoxy) is 2. The summed E-state index contributed by atoms with van der Waals surface area (Å²) in [4.78, 5) is 33.8. The van der Waals surface area contributed by atoms with Gasteiger partial charge in [-0.05, 0) is 87.3 Å². The maximum atomic E-state index is 13.9. The fourth-order valence-electron chi connectivity index (χ4n) is 7.81. The van der Waals surface area contributed by atoms with Gasteiger partial charge in [-0.3, -0.25) is 9.59 Å². The molecule has 2 aliphatic heterocycles. The minimum absolute atomic E-state index is 0.108. The second kappa shape index (κ2) is 8.22. The van der Waals surface area contributed by atoms with Gasteiger partial charge >= 0.3 is 0 Å². The highest BCUT2D eigenvalue weighted by atomic mass is 32.1. The molecule has 8 heteroatoms. The summed E-state index contributed by atoms with van der Waals surface area (Å²) in [5.41, 5.74) is 1.50. The normalized spacial score (nSPS) is 32.6. The Morgan fingerprint density at radius 2 is 1.74 bits per heavy atom. The molecule has 1 saturated heterocycles. The van der Waals surface area contributed by atoms with Gasteiger partial charge in [0.25, 0.3) is 0 Å². The molecule has 4 saturated carbocycles. The molecule has 5 fully saturated rings. The molecule has 2 amide bonds. The van der Waals surface area contributed by atoms with Crippen LogP contribution in [0.2, 0.25) is 0 Å². The van der Waals surface area contributed by atoms with E-state index < -0.39 is 6.04 Å². The van der Waals surface area contributed by atoms with Crippen LogP contribution in [-0.4, -0.2) is 47.5 Å². The Morgan fingerprint density at radius 1 is 1.03 bits per heavy atom. The van der Waals surface area contributed by atoms with Crippen LogP contribution in [0.1, 0.15) is 51.4 Å². The molecule has 4 aliphatic carbocycles. The van der Waals surface area contributed by atoms with Crippen LogP contribution in [0.25, 0.3) is 11.3 Å². The number of rotatable bonds is 4. The lowest BCUT2D eigenvalue weighted by atomic mass is 9.49. The summed E-state index contributed by atoms with van der Waals surface area (Å²) in [7, 11) is 0. The first-order valence-electron chi connectivity index (χ1n) is 13.0. The van der Waals surface area contributed by atoms with Crippen LogP contribution < -0.4 is 14.8 Å². The number of hydrogen-bond donors (Lipinski definition) is 1. The predicted molar refractivity (Wildman–Crippen MR) is 133 cm³/mol. The fourth-order valence-corrected chi connectivity index (χ4v) is 8.54. The highest BCUT2D eigenvalue weighted by Gasteiger charge is 2.56. The predicted octanol–water partition coefficient (Wildman–Crippen LogP) is 4.73. The Hall–Kier alpha value is -2.61. The summed E-state index contributed by atoms with van der Waals surface area (Å²) < 4.78 is 11.3.